The molecule has 0 unspecified atom stereocenters. The third-order valence-corrected chi connectivity index (χ3v) is 7.71. The maximum Gasteiger partial charge on any atom is 0.244 e. The van der Waals surface area contributed by atoms with Gasteiger partial charge in [0.2, 0.25) is 21.8 Å². The molecule has 1 N–H and O–H groups in total. The van der Waals surface area contributed by atoms with E-state index >= 15 is 0 Å². The molecule has 0 saturated heterocycles. The third kappa shape index (κ3) is 7.07. The summed E-state index contributed by atoms with van der Waals surface area (Å²) in [6.45, 7) is 5.52. The minimum Gasteiger partial charge on any atom is -0.352 e. The molecule has 0 radical (unpaired) electrons. The summed E-state index contributed by atoms with van der Waals surface area (Å²) in [5.74, 6) is -0.587. The van der Waals surface area contributed by atoms with Crippen LogP contribution in [-0.2, 0) is 26.2 Å². The fourth-order valence-electron chi connectivity index (χ4n) is 4.73. The Morgan fingerprint density at radius 3 is 2.34 bits per heavy atom. The van der Waals surface area contributed by atoms with Crippen molar-refractivity contribution in [2.45, 2.75) is 71.5 Å². The Kier molecular flexibility index (Phi) is 8.94. The molecule has 1 aliphatic carbocycles. The predicted octanol–water partition coefficient (Wildman–Crippen LogP) is 3.94. The SMILES string of the molecule is CC[C@H](C(=O)NC1CCCC1)N(Cc1cccc(C)c1)C(=O)CN(c1ccccc1C)S(C)(=O)=O. The van der Waals surface area contributed by atoms with E-state index in [9.17, 15) is 18.0 Å². The molecular weight excluding hydrogens is 462 g/mol. The van der Waals surface area contributed by atoms with Gasteiger partial charge in [-0.25, -0.2) is 8.42 Å². The zero-order valence-corrected chi connectivity index (χ0v) is 22.0. The van der Waals surface area contributed by atoms with E-state index in [0.717, 1.165) is 52.9 Å². The third-order valence-electron chi connectivity index (χ3n) is 6.59. The molecule has 0 spiro atoms. The molecular formula is C27H37N3O4S. The molecule has 8 heteroatoms. The van der Waals surface area contributed by atoms with Crippen LogP contribution in [0.4, 0.5) is 5.69 Å². The summed E-state index contributed by atoms with van der Waals surface area (Å²) in [7, 11) is -3.73. The van der Waals surface area contributed by atoms with Gasteiger partial charge >= 0.3 is 0 Å². The fraction of sp³-hybridized carbons (Fsp3) is 0.481. The molecule has 0 aliphatic heterocycles. The first-order valence-electron chi connectivity index (χ1n) is 12.3. The number of carbonyl (C=O) groups is 2. The van der Waals surface area contributed by atoms with E-state index in [0.29, 0.717) is 12.1 Å². The number of amides is 2. The second-order valence-corrected chi connectivity index (χ2v) is 11.4. The van der Waals surface area contributed by atoms with E-state index in [1.165, 1.54) is 4.90 Å². The van der Waals surface area contributed by atoms with Gasteiger partial charge in [-0.3, -0.25) is 13.9 Å². The molecule has 2 aromatic carbocycles. The summed E-state index contributed by atoms with van der Waals surface area (Å²) in [5.41, 5.74) is 3.16. The lowest BCUT2D eigenvalue weighted by Crippen LogP contribution is -2.53. The Labute approximate surface area is 209 Å². The topological polar surface area (TPSA) is 86.8 Å². The minimum absolute atomic E-state index is 0.131. The Morgan fingerprint density at radius 1 is 1.06 bits per heavy atom. The van der Waals surface area contributed by atoms with Gasteiger partial charge in [0.15, 0.2) is 0 Å². The number of rotatable bonds is 10. The summed E-state index contributed by atoms with van der Waals surface area (Å²) in [4.78, 5) is 28.6. The van der Waals surface area contributed by atoms with Gasteiger partial charge in [0.1, 0.15) is 12.6 Å². The molecule has 0 heterocycles. The number of sulfonamides is 1. The number of hydrogen-bond acceptors (Lipinski definition) is 4. The number of para-hydroxylation sites is 1. The van der Waals surface area contributed by atoms with Gasteiger partial charge in [-0.2, -0.15) is 0 Å². The number of benzene rings is 2. The van der Waals surface area contributed by atoms with E-state index in [-0.39, 0.29) is 25.0 Å². The lowest BCUT2D eigenvalue weighted by molar-refractivity contribution is -0.140. The van der Waals surface area contributed by atoms with Gasteiger partial charge in [-0.1, -0.05) is 67.8 Å². The summed E-state index contributed by atoms with van der Waals surface area (Å²) >= 11 is 0. The highest BCUT2D eigenvalue weighted by Crippen LogP contribution is 2.24. The number of nitrogens with one attached hydrogen (secondary N) is 1. The standard InChI is InChI=1S/C27H37N3O4S/c1-5-24(27(32)28-23-14-7-8-15-23)29(18-22-13-10-11-20(2)17-22)26(31)19-30(35(4,33)34)25-16-9-6-12-21(25)3/h6,9-13,16-17,23-24H,5,7-8,14-15,18-19H2,1-4H3,(H,28,32)/t24-/m1/s1. The average Bonchev–Trinajstić information content (AvgIpc) is 3.30. The maximum atomic E-state index is 13.8. The summed E-state index contributed by atoms with van der Waals surface area (Å²) in [5, 5.41) is 3.12. The maximum absolute atomic E-state index is 13.8. The van der Waals surface area contributed by atoms with Crippen LogP contribution in [0, 0.1) is 13.8 Å². The van der Waals surface area contributed by atoms with E-state index in [1.54, 1.807) is 12.1 Å². The van der Waals surface area contributed by atoms with Crippen LogP contribution in [0.5, 0.6) is 0 Å². The van der Waals surface area contributed by atoms with Crippen LogP contribution in [0.15, 0.2) is 48.5 Å². The van der Waals surface area contributed by atoms with Gasteiger partial charge < -0.3 is 10.2 Å². The van der Waals surface area contributed by atoms with Crippen molar-refractivity contribution >= 4 is 27.5 Å². The number of hydrogen-bond donors (Lipinski definition) is 1. The van der Waals surface area contributed by atoms with Gasteiger partial charge in [0.05, 0.1) is 11.9 Å². The van der Waals surface area contributed by atoms with Crippen LogP contribution in [0.2, 0.25) is 0 Å². The second kappa shape index (κ2) is 11.7. The first kappa shape index (κ1) is 26.7. The highest BCUT2D eigenvalue weighted by Gasteiger charge is 2.33. The van der Waals surface area contributed by atoms with Crippen LogP contribution in [0.1, 0.15) is 55.7 Å². The van der Waals surface area contributed by atoms with Crippen LogP contribution in [-0.4, -0.2) is 50.0 Å². The molecule has 35 heavy (non-hydrogen) atoms. The zero-order chi connectivity index (χ0) is 25.6. The smallest absolute Gasteiger partial charge is 0.244 e. The molecule has 1 atom stereocenters. The predicted molar refractivity (Wildman–Crippen MR) is 140 cm³/mol. The molecule has 7 nitrogen and oxygen atoms in total. The first-order valence-corrected chi connectivity index (χ1v) is 14.1. The lowest BCUT2D eigenvalue weighted by Gasteiger charge is -2.33. The Bertz CT molecular complexity index is 1140. The quantitative estimate of drug-likeness (QED) is 0.537. The van der Waals surface area contributed by atoms with Crippen LogP contribution >= 0.6 is 0 Å². The lowest BCUT2D eigenvalue weighted by atomic mass is 10.1. The molecule has 2 aromatic rings. The Balaban J connectivity index is 1.93. The van der Waals surface area contributed by atoms with Crippen LogP contribution < -0.4 is 9.62 Å². The molecule has 0 aromatic heterocycles. The van der Waals surface area contributed by atoms with E-state index in [1.807, 2.05) is 57.2 Å². The molecule has 1 aliphatic rings. The van der Waals surface area contributed by atoms with E-state index in [2.05, 4.69) is 5.32 Å². The number of anilines is 1. The van der Waals surface area contributed by atoms with Crippen molar-refractivity contribution in [3.05, 3.63) is 65.2 Å². The summed E-state index contributed by atoms with van der Waals surface area (Å²) in [6.07, 6.45) is 5.61. The molecule has 0 bridgehead atoms. The average molecular weight is 500 g/mol. The molecule has 1 fully saturated rings. The summed E-state index contributed by atoms with van der Waals surface area (Å²) in [6, 6.07) is 14.3. The van der Waals surface area contributed by atoms with Crippen molar-refractivity contribution in [1.82, 2.24) is 10.2 Å². The second-order valence-electron chi connectivity index (χ2n) is 9.48. The van der Waals surface area contributed by atoms with Crippen molar-refractivity contribution < 1.29 is 18.0 Å². The van der Waals surface area contributed by atoms with Crippen LogP contribution in [0.25, 0.3) is 0 Å². The molecule has 1 saturated carbocycles. The number of aryl methyl sites for hydroxylation is 2. The fourth-order valence-corrected chi connectivity index (χ4v) is 5.64. The molecule has 3 rings (SSSR count). The number of carbonyl (C=O) groups excluding carboxylic acids is 2. The summed E-state index contributed by atoms with van der Waals surface area (Å²) < 4.78 is 26.6. The van der Waals surface area contributed by atoms with Gasteiger partial charge in [-0.05, 0) is 50.3 Å². The zero-order valence-electron chi connectivity index (χ0n) is 21.2. The van der Waals surface area contributed by atoms with E-state index < -0.39 is 22.0 Å². The van der Waals surface area contributed by atoms with Gasteiger partial charge in [-0.15, -0.1) is 0 Å². The van der Waals surface area contributed by atoms with Gasteiger partial charge in [0.25, 0.3) is 0 Å². The normalized spacial score (nSPS) is 15.0. The van der Waals surface area contributed by atoms with Crippen molar-refractivity contribution in [2.24, 2.45) is 0 Å². The Hall–Kier alpha value is -2.87. The highest BCUT2D eigenvalue weighted by molar-refractivity contribution is 7.92. The number of nitrogens with zero attached hydrogens (tertiary/aromatic N) is 2. The monoisotopic (exact) mass is 499 g/mol. The highest BCUT2D eigenvalue weighted by atomic mass is 32.2. The molecule has 190 valence electrons. The largest absolute Gasteiger partial charge is 0.352 e. The van der Waals surface area contributed by atoms with Crippen LogP contribution in [0.3, 0.4) is 0 Å². The van der Waals surface area contributed by atoms with Gasteiger partial charge in [0, 0.05) is 12.6 Å². The first-order chi connectivity index (χ1) is 16.6. The van der Waals surface area contributed by atoms with E-state index in [4.69, 9.17) is 0 Å². The van der Waals surface area contributed by atoms with Crippen molar-refractivity contribution in [1.29, 1.82) is 0 Å². The van der Waals surface area contributed by atoms with Crippen molar-refractivity contribution in [3.8, 4) is 0 Å². The van der Waals surface area contributed by atoms with Crippen molar-refractivity contribution in [3.63, 3.8) is 0 Å². The molecule has 2 amide bonds. The minimum atomic E-state index is -3.73. The van der Waals surface area contributed by atoms with Crippen molar-refractivity contribution in [2.75, 3.05) is 17.1 Å². The Morgan fingerprint density at radius 2 is 1.74 bits per heavy atom.